The number of thioether (sulfide) groups is 7. The molecule has 112 heavy (non-hydrogen) atoms. The van der Waals surface area contributed by atoms with E-state index >= 15 is 0 Å². The van der Waals surface area contributed by atoms with Gasteiger partial charge in [-0.05, 0) is 0 Å². The summed E-state index contributed by atoms with van der Waals surface area (Å²) < 4.78 is 84.6. The number of hydrogen-bond donors (Lipinski definition) is 14. The van der Waals surface area contributed by atoms with E-state index in [9.17, 15) is 141 Å². The van der Waals surface area contributed by atoms with Gasteiger partial charge in [-0.1, -0.05) is 0 Å². The molecule has 0 aromatic heterocycles. The number of rotatable bonds is 28. The monoisotopic (exact) mass is 1810 g/mol. The number of hydrogen-bond acceptors (Lipinski definition) is 49. The van der Waals surface area contributed by atoms with E-state index in [0.29, 0.717) is 82.3 Å². The maximum Gasteiger partial charge on any atom is 1.00 e. The number of aliphatic hydroxyl groups excluding tert-OH is 14. The van der Waals surface area contributed by atoms with Crippen molar-refractivity contribution in [3.8, 4) is 0 Å². The van der Waals surface area contributed by atoms with Crippen LogP contribution in [0.5, 0.6) is 0 Å². The molecule has 0 radical (unpaired) electrons. The predicted molar refractivity (Wildman–Crippen MR) is 335 cm³/mol. The number of carboxylic acid groups (broad SMARTS) is 7. The van der Waals surface area contributed by atoms with Crippen LogP contribution in [0, 0.1) is 0 Å². The Labute approximate surface area is 822 Å². The molecule has 0 aromatic carbocycles. The van der Waals surface area contributed by atoms with Gasteiger partial charge in [0, 0.05) is 80.5 Å². The van der Waals surface area contributed by atoms with Gasteiger partial charge in [0.1, 0.15) is 128 Å². The zero-order valence-electron chi connectivity index (χ0n) is 61.2. The van der Waals surface area contributed by atoms with Crippen LogP contribution in [0.2, 0.25) is 0 Å². The molecular formula is C56H77Na7O42S7. The average molecular weight is 1810 g/mol. The number of carboxylic acids is 7. The standard InChI is InChI=1S/C56H84O42S7.7Na/c57-22(58)8-99-1-15-43-29(71)36(78)50(85-15)93-44-16(2-100-9-23(59)60)87-52(38(80)31(44)73)95-46-18(4-102-11-25(63)64)89-54(40(82)33(46)75)97-48-20(6-104-13-27(67)68)91-56(42(84)35(48)77)98-49-21(7-105-14-28(69)70)90-55(41(83)34(49)76)96-47-19(5-103-12-26(65)66)88-53(39(81)32(47)74)94-45-17(3-101-10-24(61)62)86-51(92-43)37(79)30(45)72;;;;;;;/h15-21,29-56,71-84H,1-14H2,(H,57,58)(H,59,60)(H,61,62)(H,63,64)(H,65,66)(H,67,68)(H,69,70);;;;;;;/q;7*+1/p-7/t15?,16?,17?,18?,19?,20?,21?,29?,30?,31?,32?,33?,34?,35?,36?,37?,38?,39?,40?,41?,42?,43-,44-,45-,46-,47-,48-,49-,50-,51-,52-,53-,54-,55-,56+;;;;;;;/m1......./s1. The fourth-order valence-electron chi connectivity index (χ4n) is 12.1. The van der Waals surface area contributed by atoms with E-state index in [1.54, 1.807) is 0 Å². The van der Waals surface area contributed by atoms with E-state index in [-0.39, 0.29) is 207 Å². The molecular weight excluding hydrogens is 1730 g/mol. The normalized spacial score (nSPS) is 40.8. The van der Waals surface area contributed by atoms with Gasteiger partial charge in [0.15, 0.2) is 44.0 Å². The van der Waals surface area contributed by atoms with Crippen molar-refractivity contribution in [1.29, 1.82) is 0 Å². The van der Waals surface area contributed by atoms with E-state index in [1.165, 1.54) is 0 Å². The van der Waals surface area contributed by atoms with Crippen molar-refractivity contribution in [2.75, 3.05) is 80.5 Å². The van der Waals surface area contributed by atoms with Gasteiger partial charge < -0.3 is 207 Å². The van der Waals surface area contributed by atoms with Crippen LogP contribution in [-0.4, -0.2) is 409 Å². The number of aliphatic hydroxyl groups is 14. The second-order valence-electron chi connectivity index (χ2n) is 24.6. The van der Waals surface area contributed by atoms with Gasteiger partial charge in [-0.3, -0.25) is 0 Å². The second kappa shape index (κ2) is 55.4. The van der Waals surface area contributed by atoms with Crippen molar-refractivity contribution in [1.82, 2.24) is 0 Å². The Morgan fingerprint density at radius 1 is 0.188 bits per heavy atom. The fraction of sp³-hybridized carbons (Fsp3) is 0.875. The first kappa shape index (κ1) is 115. The van der Waals surface area contributed by atoms with Gasteiger partial charge in [-0.2, -0.15) is 82.3 Å². The summed E-state index contributed by atoms with van der Waals surface area (Å²) in [7, 11) is 0. The summed E-state index contributed by atoms with van der Waals surface area (Å²) in [5.41, 5.74) is 0. The molecule has 14 bridgehead atoms. The zero-order chi connectivity index (χ0) is 77.0. The molecule has 14 N–H and O–H groups in total. The van der Waals surface area contributed by atoms with Gasteiger partial charge in [-0.15, -0.1) is 0 Å². The summed E-state index contributed by atoms with van der Waals surface area (Å²) in [6.07, 6.45) is -74.7. The van der Waals surface area contributed by atoms with Gasteiger partial charge in [0.05, 0.1) is 84.5 Å². The van der Waals surface area contributed by atoms with Gasteiger partial charge >= 0.3 is 207 Å². The van der Waals surface area contributed by atoms with Crippen molar-refractivity contribution >= 4 is 124 Å². The average Bonchev–Trinajstić information content (AvgIpc) is 0.779. The maximum absolute atomic E-state index is 12.0. The summed E-state index contributed by atoms with van der Waals surface area (Å²) in [5.74, 6) is -20.9. The van der Waals surface area contributed by atoms with Crippen LogP contribution < -0.4 is 243 Å². The Bertz CT molecular complexity index is 2370. The van der Waals surface area contributed by atoms with Crippen LogP contribution in [0.4, 0.5) is 0 Å². The van der Waals surface area contributed by atoms with Crippen molar-refractivity contribution in [2.24, 2.45) is 0 Å². The van der Waals surface area contributed by atoms with Crippen molar-refractivity contribution in [3.63, 3.8) is 0 Å². The van der Waals surface area contributed by atoms with Crippen LogP contribution in [0.25, 0.3) is 0 Å². The smallest absolute Gasteiger partial charge is 0.549 e. The first-order chi connectivity index (χ1) is 49.6. The quantitative estimate of drug-likeness (QED) is 0.0324. The third-order valence-corrected chi connectivity index (χ3v) is 24.1. The minimum absolute atomic E-state index is 0. The van der Waals surface area contributed by atoms with Crippen LogP contribution in [0.3, 0.4) is 0 Å². The Morgan fingerprint density at radius 3 is 0.375 bits per heavy atom. The number of carbonyl (C=O) groups is 7. The minimum Gasteiger partial charge on any atom is -0.549 e. The Morgan fingerprint density at radius 2 is 0.286 bits per heavy atom. The van der Waals surface area contributed by atoms with Gasteiger partial charge in [0.2, 0.25) is 0 Å². The van der Waals surface area contributed by atoms with Crippen LogP contribution in [0.1, 0.15) is 0 Å². The zero-order valence-corrected chi connectivity index (χ0v) is 80.9. The third kappa shape index (κ3) is 32.1. The SMILES string of the molecule is O=C([O-])CSCC1O[C@@H]2O[C@@H]3C(CSCC(=O)[O-])O[C@H](O[C@@H]4C(CSCC(=O)[O-])O[C@H](O[C@@H]5C(CSCC(=O)[O-])O[C@@H](O[C@@H]6C(CSCC(=O)[O-])O[C@H](O[C@@H]7C(CSCC(=O)[O-])O[C@H](O[C@@H]8C(CSCC(=O)[O-])O[C@H](O[C@H]1C(O)C2O)C(O)C8O)C(O)C7O)C(O)C6O)C(O)C5O)C(O)C4O)C(O)C3O.[Na+].[Na+].[Na+].[Na+].[Na+].[Na+].[Na+]. The summed E-state index contributed by atoms with van der Waals surface area (Å²) in [4.78, 5) is 81.9. The molecule has 602 valence electrons. The van der Waals surface area contributed by atoms with E-state index in [1.807, 2.05) is 0 Å². The van der Waals surface area contributed by atoms with Gasteiger partial charge in [-0.25, -0.2) is 0 Å². The molecule has 21 rings (SSSR count). The number of aliphatic carboxylic acids is 7. The van der Waals surface area contributed by atoms with Crippen molar-refractivity contribution < 1.29 is 414 Å². The van der Waals surface area contributed by atoms with Crippen LogP contribution in [-0.2, 0) is 99.9 Å². The molecule has 0 saturated carbocycles. The molecule has 0 spiro atoms. The maximum atomic E-state index is 12.0. The molecule has 21 saturated heterocycles. The van der Waals surface area contributed by atoms with Crippen LogP contribution in [0.15, 0.2) is 0 Å². The van der Waals surface area contributed by atoms with Crippen LogP contribution >= 0.6 is 82.3 Å². The third-order valence-electron chi connectivity index (χ3n) is 17.0. The molecule has 0 amide bonds. The largest absolute Gasteiger partial charge is 1.00 e. The Kier molecular flexibility index (Phi) is 56.7. The molecule has 0 aromatic rings. The molecule has 0 aliphatic carbocycles. The molecule has 56 heteroatoms. The first-order valence-corrected chi connectivity index (χ1v) is 39.9. The van der Waals surface area contributed by atoms with E-state index in [2.05, 4.69) is 0 Å². The second-order valence-corrected chi connectivity index (χ2v) is 31.8. The fourth-order valence-corrected chi connectivity index (χ4v) is 17.6. The van der Waals surface area contributed by atoms with E-state index < -0.39 is 337 Å². The minimum atomic E-state index is -2.38. The molecule has 21 unspecified atom stereocenters. The van der Waals surface area contributed by atoms with Crippen molar-refractivity contribution in [3.05, 3.63) is 0 Å². The van der Waals surface area contributed by atoms with E-state index in [4.69, 9.17) is 66.3 Å². The molecule has 21 aliphatic rings. The summed E-state index contributed by atoms with van der Waals surface area (Å²) in [6, 6.07) is 0. The first-order valence-electron chi connectivity index (χ1n) is 31.8. The summed E-state index contributed by atoms with van der Waals surface area (Å²) in [6.45, 7) is 0. The van der Waals surface area contributed by atoms with Gasteiger partial charge in [0.25, 0.3) is 0 Å². The van der Waals surface area contributed by atoms with E-state index in [0.717, 1.165) is 0 Å². The molecule has 21 aliphatic heterocycles. The summed E-state index contributed by atoms with van der Waals surface area (Å²) in [5, 5.41) is 248. The number of ether oxygens (including phenoxy) is 14. The molecule has 21 heterocycles. The Hall–Kier alpha value is 4.62. The molecule has 42 nitrogen and oxygen atoms in total. The Balaban J connectivity index is 0.00000896. The predicted octanol–water partition coefficient (Wildman–Crippen LogP) is -39.8. The topological polar surface area (TPSA) is 693 Å². The number of carbonyl (C=O) groups excluding carboxylic acids is 7. The molecule has 21 fully saturated rings. The molecule has 35 atom stereocenters. The van der Waals surface area contributed by atoms with Crippen molar-refractivity contribution in [2.45, 2.75) is 215 Å². The summed E-state index contributed by atoms with van der Waals surface area (Å²) >= 11 is 3.86.